The molecule has 0 spiro atoms. The lowest BCUT2D eigenvalue weighted by atomic mass is 10.1. The maximum atomic E-state index is 12.6. The second kappa shape index (κ2) is 10.4. The summed E-state index contributed by atoms with van der Waals surface area (Å²) in [7, 11) is 0. The first-order valence-corrected chi connectivity index (χ1v) is 10.5. The largest absolute Gasteiger partial charge is 0.325 e. The van der Waals surface area contributed by atoms with Crippen LogP contribution in [0.4, 0.5) is 11.4 Å². The van der Waals surface area contributed by atoms with Crippen LogP contribution in [0.3, 0.4) is 0 Å². The number of rotatable bonds is 8. The summed E-state index contributed by atoms with van der Waals surface area (Å²) in [6.07, 6.45) is 1.58. The molecule has 2 aromatic carbocycles. The van der Waals surface area contributed by atoms with Gasteiger partial charge in [-0.1, -0.05) is 55.4 Å². The number of nitrogens with zero attached hydrogens (tertiary/aromatic N) is 1. The number of nitrogens with one attached hydrogen (secondary N) is 3. The van der Waals surface area contributed by atoms with E-state index in [-0.39, 0.29) is 23.1 Å². The molecule has 2 amide bonds. The van der Waals surface area contributed by atoms with Crippen LogP contribution in [0.2, 0.25) is 0 Å². The molecule has 0 unspecified atom stereocenters. The number of thioether (sulfide) groups is 1. The first-order chi connectivity index (χ1) is 14.5. The number of carbonyl (C=O) groups is 2. The summed E-state index contributed by atoms with van der Waals surface area (Å²) >= 11 is 1.14. The lowest BCUT2D eigenvalue weighted by Gasteiger charge is -2.11. The number of hydrogen-bond acceptors (Lipinski definition) is 5. The Balaban J connectivity index is 1.65. The minimum absolute atomic E-state index is 0.0488. The van der Waals surface area contributed by atoms with Crippen LogP contribution < -0.4 is 16.2 Å². The van der Waals surface area contributed by atoms with Gasteiger partial charge in [0.05, 0.1) is 17.0 Å². The first-order valence-electron chi connectivity index (χ1n) is 9.53. The minimum atomic E-state index is -0.317. The molecule has 1 aromatic heterocycles. The Bertz CT molecular complexity index is 1080. The smallest absolute Gasteiger partial charge is 0.257 e. The highest BCUT2D eigenvalue weighted by molar-refractivity contribution is 7.99. The molecule has 0 saturated carbocycles. The molecule has 3 N–H and O–H groups in total. The number of para-hydroxylation sites is 2. The van der Waals surface area contributed by atoms with E-state index in [1.54, 1.807) is 36.4 Å². The number of amides is 2. The third kappa shape index (κ3) is 6.05. The van der Waals surface area contributed by atoms with Gasteiger partial charge in [0.15, 0.2) is 5.16 Å². The van der Waals surface area contributed by atoms with Crippen molar-refractivity contribution in [2.45, 2.75) is 24.9 Å². The molecule has 0 aliphatic carbocycles. The van der Waals surface area contributed by atoms with Crippen LogP contribution in [0.1, 0.15) is 29.4 Å². The van der Waals surface area contributed by atoms with Crippen molar-refractivity contribution in [2.24, 2.45) is 0 Å². The van der Waals surface area contributed by atoms with E-state index in [4.69, 9.17) is 0 Å². The predicted octanol–water partition coefficient (Wildman–Crippen LogP) is 3.71. The molecule has 0 aliphatic rings. The Labute approximate surface area is 178 Å². The number of carbonyl (C=O) groups excluding carboxylic acids is 2. The molecular weight excluding hydrogens is 400 g/mol. The molecule has 0 atom stereocenters. The average Bonchev–Trinajstić information content (AvgIpc) is 2.73. The van der Waals surface area contributed by atoms with E-state index in [0.717, 1.165) is 18.2 Å². The maximum Gasteiger partial charge on any atom is 0.257 e. The molecule has 8 heteroatoms. The van der Waals surface area contributed by atoms with Crippen LogP contribution in [0, 0.1) is 0 Å². The van der Waals surface area contributed by atoms with Gasteiger partial charge in [0.2, 0.25) is 5.91 Å². The normalized spacial score (nSPS) is 10.4. The van der Waals surface area contributed by atoms with Crippen LogP contribution in [-0.2, 0) is 11.2 Å². The van der Waals surface area contributed by atoms with E-state index in [9.17, 15) is 14.4 Å². The zero-order valence-corrected chi connectivity index (χ0v) is 17.3. The number of H-pyrrole nitrogens is 1. The van der Waals surface area contributed by atoms with E-state index >= 15 is 0 Å². The molecule has 0 fully saturated rings. The van der Waals surface area contributed by atoms with Gasteiger partial charge in [0, 0.05) is 17.4 Å². The van der Waals surface area contributed by atoms with Crippen LogP contribution >= 0.6 is 11.8 Å². The minimum Gasteiger partial charge on any atom is -0.325 e. The van der Waals surface area contributed by atoms with E-state index in [2.05, 4.69) is 20.6 Å². The van der Waals surface area contributed by atoms with Crippen LogP contribution in [0.15, 0.2) is 70.6 Å². The standard InChI is InChI=1S/C22H22N4O3S/c1-2-8-16-13-19(27)26-22(24-16)30-14-20(28)25-18-12-7-6-11-17(18)21(29)23-15-9-4-3-5-10-15/h3-7,9-13H,2,8,14H2,1H3,(H,23,29)(H,25,28)(H,24,26,27). The van der Waals surface area contributed by atoms with Crippen molar-refractivity contribution in [1.82, 2.24) is 9.97 Å². The highest BCUT2D eigenvalue weighted by atomic mass is 32.2. The Morgan fingerprint density at radius 3 is 2.53 bits per heavy atom. The molecule has 0 radical (unpaired) electrons. The van der Waals surface area contributed by atoms with E-state index in [0.29, 0.717) is 34.2 Å². The van der Waals surface area contributed by atoms with E-state index in [1.165, 1.54) is 6.07 Å². The SMILES string of the molecule is CCCc1cc(=O)[nH]c(SCC(=O)Nc2ccccc2C(=O)Nc2ccccc2)n1. The van der Waals surface area contributed by atoms with Crippen molar-refractivity contribution in [2.75, 3.05) is 16.4 Å². The Morgan fingerprint density at radius 2 is 1.77 bits per heavy atom. The third-order valence-electron chi connectivity index (χ3n) is 4.10. The summed E-state index contributed by atoms with van der Waals surface area (Å²) in [5, 5.41) is 5.97. The van der Waals surface area contributed by atoms with Gasteiger partial charge in [-0.25, -0.2) is 4.98 Å². The fourth-order valence-electron chi connectivity index (χ4n) is 2.77. The number of aromatic amines is 1. The lowest BCUT2D eigenvalue weighted by Crippen LogP contribution is -2.19. The number of anilines is 2. The number of hydrogen-bond donors (Lipinski definition) is 3. The van der Waals surface area contributed by atoms with Gasteiger partial charge in [-0.05, 0) is 30.7 Å². The molecule has 0 saturated heterocycles. The lowest BCUT2D eigenvalue weighted by molar-refractivity contribution is -0.113. The van der Waals surface area contributed by atoms with Gasteiger partial charge in [-0.2, -0.15) is 0 Å². The Hall–Kier alpha value is -3.39. The van der Waals surface area contributed by atoms with Gasteiger partial charge >= 0.3 is 0 Å². The third-order valence-corrected chi connectivity index (χ3v) is 4.97. The second-order valence-corrected chi connectivity index (χ2v) is 7.46. The fourth-order valence-corrected chi connectivity index (χ4v) is 3.46. The first kappa shape index (κ1) is 21.3. The van der Waals surface area contributed by atoms with E-state index < -0.39 is 0 Å². The molecule has 0 bridgehead atoms. The van der Waals surface area contributed by atoms with Gasteiger partial charge in [-0.15, -0.1) is 0 Å². The zero-order chi connectivity index (χ0) is 21.3. The Morgan fingerprint density at radius 1 is 1.03 bits per heavy atom. The monoisotopic (exact) mass is 422 g/mol. The molecule has 1 heterocycles. The van der Waals surface area contributed by atoms with Gasteiger partial charge < -0.3 is 15.6 Å². The topological polar surface area (TPSA) is 104 Å². The summed E-state index contributed by atoms with van der Waals surface area (Å²) in [6, 6.07) is 17.4. The molecule has 3 aromatic rings. The summed E-state index contributed by atoms with van der Waals surface area (Å²) in [5.41, 5.74) is 1.90. The summed E-state index contributed by atoms with van der Waals surface area (Å²) in [6.45, 7) is 2.01. The highest BCUT2D eigenvalue weighted by Gasteiger charge is 2.14. The molecule has 7 nitrogen and oxygen atoms in total. The summed E-state index contributed by atoms with van der Waals surface area (Å²) < 4.78 is 0. The fraction of sp³-hybridized carbons (Fsp3) is 0.182. The van der Waals surface area contributed by atoms with Crippen molar-refractivity contribution in [1.29, 1.82) is 0 Å². The molecule has 154 valence electrons. The van der Waals surface area contributed by atoms with Crippen molar-refractivity contribution in [3.63, 3.8) is 0 Å². The van der Waals surface area contributed by atoms with Gasteiger partial charge in [0.25, 0.3) is 11.5 Å². The number of aromatic nitrogens is 2. The number of benzene rings is 2. The quantitative estimate of drug-likeness (QED) is 0.379. The van der Waals surface area contributed by atoms with Gasteiger partial charge in [-0.3, -0.25) is 14.4 Å². The molecule has 30 heavy (non-hydrogen) atoms. The highest BCUT2D eigenvalue weighted by Crippen LogP contribution is 2.19. The predicted molar refractivity (Wildman–Crippen MR) is 119 cm³/mol. The van der Waals surface area contributed by atoms with Crippen molar-refractivity contribution in [3.05, 3.63) is 82.3 Å². The van der Waals surface area contributed by atoms with Crippen molar-refractivity contribution >= 4 is 35.0 Å². The Kier molecular flexibility index (Phi) is 7.40. The van der Waals surface area contributed by atoms with Crippen LogP contribution in [0.25, 0.3) is 0 Å². The van der Waals surface area contributed by atoms with Crippen LogP contribution in [-0.4, -0.2) is 27.5 Å². The summed E-state index contributed by atoms with van der Waals surface area (Å²) in [4.78, 5) is 43.8. The summed E-state index contributed by atoms with van der Waals surface area (Å²) in [5.74, 6) is -0.570. The molecular formula is C22H22N4O3S. The molecule has 0 aliphatic heterocycles. The van der Waals surface area contributed by atoms with Crippen molar-refractivity contribution in [3.8, 4) is 0 Å². The molecule has 3 rings (SSSR count). The average molecular weight is 423 g/mol. The number of aryl methyl sites for hydroxylation is 1. The van der Waals surface area contributed by atoms with Gasteiger partial charge in [0.1, 0.15) is 0 Å². The van der Waals surface area contributed by atoms with Crippen molar-refractivity contribution < 1.29 is 9.59 Å². The van der Waals surface area contributed by atoms with Crippen LogP contribution in [0.5, 0.6) is 0 Å². The second-order valence-electron chi connectivity index (χ2n) is 6.49. The zero-order valence-electron chi connectivity index (χ0n) is 16.5. The van der Waals surface area contributed by atoms with E-state index in [1.807, 2.05) is 25.1 Å². The maximum absolute atomic E-state index is 12.6.